The van der Waals surface area contributed by atoms with Gasteiger partial charge in [0, 0.05) is 13.1 Å². The summed E-state index contributed by atoms with van der Waals surface area (Å²) in [5, 5.41) is 8.80. The lowest BCUT2D eigenvalue weighted by molar-refractivity contribution is -0.186. The first-order valence-corrected chi connectivity index (χ1v) is 4.08. The zero-order chi connectivity index (χ0) is 10.7. The molecule has 7 nitrogen and oxygen atoms in total. The molecular formula is C7H10N2O5. The topological polar surface area (TPSA) is 87.2 Å². The van der Waals surface area contributed by atoms with Crippen LogP contribution in [0.15, 0.2) is 0 Å². The summed E-state index contributed by atoms with van der Waals surface area (Å²) in [5.41, 5.74) is 0. The molecule has 1 aliphatic heterocycles. The van der Waals surface area contributed by atoms with Crippen LogP contribution in [0.3, 0.4) is 0 Å². The molecule has 0 spiro atoms. The van der Waals surface area contributed by atoms with E-state index in [1.807, 2.05) is 0 Å². The maximum atomic E-state index is 11.2. The predicted molar refractivity (Wildman–Crippen MR) is 43.1 cm³/mol. The zero-order valence-corrected chi connectivity index (χ0v) is 7.60. The highest BCUT2D eigenvalue weighted by molar-refractivity contribution is 6.35. The van der Waals surface area contributed by atoms with E-state index >= 15 is 0 Å². The maximum Gasteiger partial charge on any atom is 0.531 e. The van der Waals surface area contributed by atoms with Gasteiger partial charge in [-0.25, -0.2) is 4.79 Å². The van der Waals surface area contributed by atoms with Crippen LogP contribution in [0.1, 0.15) is 6.92 Å². The molecule has 0 atom stereocenters. The summed E-state index contributed by atoms with van der Waals surface area (Å²) >= 11 is 0. The fourth-order valence-electron chi connectivity index (χ4n) is 1.14. The van der Waals surface area contributed by atoms with Crippen LogP contribution in [0.4, 0.5) is 4.79 Å². The number of hydroxylamine groups is 2. The molecule has 0 bridgehead atoms. The summed E-state index contributed by atoms with van der Waals surface area (Å²) in [4.78, 5) is 38.0. The minimum absolute atomic E-state index is 0.0741. The third-order valence-corrected chi connectivity index (χ3v) is 1.84. The Kier molecular flexibility index (Phi) is 2.90. The van der Waals surface area contributed by atoms with Gasteiger partial charge in [0.25, 0.3) is 0 Å². The molecule has 1 heterocycles. The SMILES string of the molecule is CCN1CCN(OC(=O)O)C(=O)C1=O. The summed E-state index contributed by atoms with van der Waals surface area (Å²) in [6.45, 7) is 2.52. The van der Waals surface area contributed by atoms with Gasteiger partial charge in [-0.1, -0.05) is 0 Å². The molecule has 1 aliphatic rings. The van der Waals surface area contributed by atoms with Gasteiger partial charge in [0.1, 0.15) is 0 Å². The highest BCUT2D eigenvalue weighted by Gasteiger charge is 2.34. The third-order valence-electron chi connectivity index (χ3n) is 1.84. The molecule has 0 radical (unpaired) electrons. The van der Waals surface area contributed by atoms with Gasteiger partial charge >= 0.3 is 18.0 Å². The van der Waals surface area contributed by atoms with Crippen molar-refractivity contribution in [2.24, 2.45) is 0 Å². The molecule has 0 aromatic rings. The van der Waals surface area contributed by atoms with Crippen molar-refractivity contribution in [3.8, 4) is 0 Å². The smallest absolute Gasteiger partial charge is 0.448 e. The molecular weight excluding hydrogens is 192 g/mol. The second-order valence-electron chi connectivity index (χ2n) is 2.65. The zero-order valence-electron chi connectivity index (χ0n) is 7.60. The first-order valence-electron chi connectivity index (χ1n) is 4.08. The number of hydrogen-bond donors (Lipinski definition) is 1. The number of rotatable bonds is 2. The molecule has 14 heavy (non-hydrogen) atoms. The van der Waals surface area contributed by atoms with E-state index in [1.54, 1.807) is 6.92 Å². The fourth-order valence-corrected chi connectivity index (χ4v) is 1.14. The Hall–Kier alpha value is -1.79. The molecule has 78 valence electrons. The fraction of sp³-hybridized carbons (Fsp3) is 0.571. The number of carbonyl (C=O) groups is 3. The van der Waals surface area contributed by atoms with E-state index in [-0.39, 0.29) is 13.1 Å². The Bertz CT molecular complexity index is 277. The Morgan fingerprint density at radius 2 is 2.07 bits per heavy atom. The Balaban J connectivity index is 2.64. The summed E-state index contributed by atoms with van der Waals surface area (Å²) < 4.78 is 0. The lowest BCUT2D eigenvalue weighted by Crippen LogP contribution is -2.54. The number of carbonyl (C=O) groups excluding carboxylic acids is 2. The lowest BCUT2D eigenvalue weighted by Gasteiger charge is -2.30. The van der Waals surface area contributed by atoms with Crippen molar-refractivity contribution in [2.75, 3.05) is 19.6 Å². The van der Waals surface area contributed by atoms with E-state index in [0.29, 0.717) is 11.6 Å². The largest absolute Gasteiger partial charge is 0.531 e. The number of nitrogens with zero attached hydrogens (tertiary/aromatic N) is 2. The van der Waals surface area contributed by atoms with E-state index in [1.165, 1.54) is 4.90 Å². The molecule has 0 unspecified atom stereocenters. The summed E-state index contributed by atoms with van der Waals surface area (Å²) in [5.74, 6) is -1.68. The molecule has 0 aromatic carbocycles. The van der Waals surface area contributed by atoms with Gasteiger partial charge in [0.05, 0.1) is 6.54 Å². The molecule has 0 saturated carbocycles. The van der Waals surface area contributed by atoms with Gasteiger partial charge in [0.2, 0.25) is 0 Å². The molecule has 0 aromatic heterocycles. The van der Waals surface area contributed by atoms with Crippen molar-refractivity contribution in [1.82, 2.24) is 9.96 Å². The molecule has 1 fully saturated rings. The van der Waals surface area contributed by atoms with Crippen LogP contribution in [0.25, 0.3) is 0 Å². The molecule has 1 N–H and O–H groups in total. The van der Waals surface area contributed by atoms with Crippen molar-refractivity contribution < 1.29 is 24.3 Å². The quantitative estimate of drug-likeness (QED) is 0.597. The average Bonchev–Trinajstić information content (AvgIpc) is 2.13. The number of piperazine rings is 1. The maximum absolute atomic E-state index is 11.2. The van der Waals surface area contributed by atoms with Crippen molar-refractivity contribution in [1.29, 1.82) is 0 Å². The van der Waals surface area contributed by atoms with Gasteiger partial charge in [-0.3, -0.25) is 9.59 Å². The summed E-state index contributed by atoms with van der Waals surface area (Å²) in [6.07, 6.45) is -1.60. The minimum Gasteiger partial charge on any atom is -0.448 e. The monoisotopic (exact) mass is 202 g/mol. The van der Waals surface area contributed by atoms with Crippen LogP contribution in [0.5, 0.6) is 0 Å². The van der Waals surface area contributed by atoms with E-state index in [9.17, 15) is 14.4 Å². The van der Waals surface area contributed by atoms with Gasteiger partial charge in [0.15, 0.2) is 0 Å². The van der Waals surface area contributed by atoms with Crippen molar-refractivity contribution in [2.45, 2.75) is 6.92 Å². The molecule has 0 aliphatic carbocycles. The molecule has 1 rings (SSSR count). The van der Waals surface area contributed by atoms with Crippen LogP contribution >= 0.6 is 0 Å². The third kappa shape index (κ3) is 1.93. The van der Waals surface area contributed by atoms with Gasteiger partial charge in [-0.15, -0.1) is 0 Å². The number of hydrogen-bond acceptors (Lipinski definition) is 4. The summed E-state index contributed by atoms with van der Waals surface area (Å²) in [6, 6.07) is 0. The Morgan fingerprint density at radius 3 is 2.57 bits per heavy atom. The molecule has 7 heteroatoms. The molecule has 1 saturated heterocycles. The van der Waals surface area contributed by atoms with Crippen LogP contribution in [0, 0.1) is 0 Å². The number of likely N-dealkylation sites (N-methyl/N-ethyl adjacent to an activating group) is 1. The first-order chi connectivity index (χ1) is 6.56. The Morgan fingerprint density at radius 1 is 1.43 bits per heavy atom. The first kappa shape index (κ1) is 10.3. The van der Waals surface area contributed by atoms with Crippen LogP contribution in [0.2, 0.25) is 0 Å². The highest BCUT2D eigenvalue weighted by atomic mass is 16.8. The van der Waals surface area contributed by atoms with E-state index < -0.39 is 18.0 Å². The van der Waals surface area contributed by atoms with Crippen LogP contribution in [-0.2, 0) is 14.4 Å². The minimum atomic E-state index is -1.60. The predicted octanol–water partition coefficient (Wildman–Crippen LogP) is -0.713. The van der Waals surface area contributed by atoms with Crippen molar-refractivity contribution in [3.63, 3.8) is 0 Å². The van der Waals surface area contributed by atoms with Gasteiger partial charge in [-0.2, -0.15) is 5.06 Å². The van der Waals surface area contributed by atoms with Crippen molar-refractivity contribution >= 4 is 18.0 Å². The highest BCUT2D eigenvalue weighted by Crippen LogP contribution is 2.05. The van der Waals surface area contributed by atoms with E-state index in [0.717, 1.165) is 0 Å². The van der Waals surface area contributed by atoms with Crippen molar-refractivity contribution in [3.05, 3.63) is 0 Å². The average molecular weight is 202 g/mol. The number of carboxylic acid groups (broad SMARTS) is 1. The van der Waals surface area contributed by atoms with Crippen LogP contribution in [-0.4, -0.2) is 52.7 Å². The van der Waals surface area contributed by atoms with Gasteiger partial charge < -0.3 is 14.8 Å². The lowest BCUT2D eigenvalue weighted by atomic mass is 10.3. The standard InChI is InChI=1S/C7H10N2O5/c1-2-8-3-4-9(14-7(12)13)6(11)5(8)10/h2-4H2,1H3,(H,12,13). The summed E-state index contributed by atoms with van der Waals surface area (Å²) in [7, 11) is 0. The Labute approximate surface area is 79.8 Å². The normalized spacial score (nSPS) is 17.2. The molecule has 2 amide bonds. The van der Waals surface area contributed by atoms with Gasteiger partial charge in [-0.05, 0) is 6.92 Å². The second-order valence-corrected chi connectivity index (χ2v) is 2.65. The van der Waals surface area contributed by atoms with Crippen LogP contribution < -0.4 is 0 Å². The second kappa shape index (κ2) is 3.95. The van der Waals surface area contributed by atoms with E-state index in [4.69, 9.17) is 5.11 Å². The number of amides is 2. The van der Waals surface area contributed by atoms with E-state index in [2.05, 4.69) is 4.84 Å².